The smallest absolute Gasteiger partial charge is 0.0475 e. The second kappa shape index (κ2) is 4.02. The molecular formula is C8H16N2S. The average molecular weight is 172 g/mol. The van der Waals surface area contributed by atoms with E-state index in [9.17, 15) is 0 Å². The molecule has 1 heterocycles. The van der Waals surface area contributed by atoms with Crippen molar-refractivity contribution in [1.82, 2.24) is 10.4 Å². The van der Waals surface area contributed by atoms with Crippen LogP contribution in [0.2, 0.25) is 0 Å². The Labute approximate surface area is 73.0 Å². The first kappa shape index (κ1) is 8.94. The van der Waals surface area contributed by atoms with Gasteiger partial charge in [-0.15, -0.1) is 11.8 Å². The summed E-state index contributed by atoms with van der Waals surface area (Å²) >= 11 is 1.82. The number of rotatable bonds is 3. The Morgan fingerprint density at radius 3 is 2.91 bits per heavy atom. The van der Waals surface area contributed by atoms with Gasteiger partial charge < -0.3 is 5.01 Å². The van der Waals surface area contributed by atoms with Crippen LogP contribution in [0.5, 0.6) is 0 Å². The van der Waals surface area contributed by atoms with Crippen molar-refractivity contribution in [2.45, 2.75) is 13.8 Å². The lowest BCUT2D eigenvalue weighted by molar-refractivity contribution is 0.272. The van der Waals surface area contributed by atoms with E-state index in [0.29, 0.717) is 0 Å². The van der Waals surface area contributed by atoms with Crippen molar-refractivity contribution in [1.29, 1.82) is 0 Å². The third kappa shape index (κ3) is 2.75. The van der Waals surface area contributed by atoms with Crippen molar-refractivity contribution in [3.63, 3.8) is 0 Å². The van der Waals surface area contributed by atoms with Crippen LogP contribution in [0.25, 0.3) is 0 Å². The molecular weight excluding hydrogens is 156 g/mol. The molecule has 3 heteroatoms. The molecule has 1 rings (SSSR count). The van der Waals surface area contributed by atoms with Gasteiger partial charge in [-0.05, 0) is 12.2 Å². The third-order valence-electron chi connectivity index (χ3n) is 1.58. The molecule has 0 saturated heterocycles. The first-order valence-electron chi connectivity index (χ1n) is 3.97. The van der Waals surface area contributed by atoms with E-state index < -0.39 is 0 Å². The fourth-order valence-corrected chi connectivity index (χ4v) is 1.52. The highest BCUT2D eigenvalue weighted by Gasteiger charge is 2.10. The standard InChI is InChI=1S/C8H16N2S/c1-7(2)5-10-6-8(11-3)4-9-10/h6-7,9H,4-5H2,1-3H3. The minimum absolute atomic E-state index is 0.722. The second-order valence-electron chi connectivity index (χ2n) is 3.18. The van der Waals surface area contributed by atoms with Gasteiger partial charge in [0, 0.05) is 24.2 Å². The van der Waals surface area contributed by atoms with Crippen LogP contribution in [0.1, 0.15) is 13.8 Å². The average Bonchev–Trinajstić information content (AvgIpc) is 2.34. The van der Waals surface area contributed by atoms with Crippen LogP contribution in [-0.2, 0) is 0 Å². The molecule has 1 aliphatic rings. The second-order valence-corrected chi connectivity index (χ2v) is 4.11. The van der Waals surface area contributed by atoms with E-state index >= 15 is 0 Å². The molecule has 0 unspecified atom stereocenters. The predicted octanol–water partition coefficient (Wildman–Crippen LogP) is 1.67. The number of hydrogen-bond acceptors (Lipinski definition) is 3. The summed E-state index contributed by atoms with van der Waals surface area (Å²) < 4.78 is 0. The molecule has 0 atom stereocenters. The Bertz CT molecular complexity index is 154. The Hall–Kier alpha value is -0.150. The summed E-state index contributed by atoms with van der Waals surface area (Å²) in [5.74, 6) is 0.722. The Balaban J connectivity index is 2.34. The summed E-state index contributed by atoms with van der Waals surface area (Å²) in [7, 11) is 0. The Morgan fingerprint density at radius 1 is 1.73 bits per heavy atom. The summed E-state index contributed by atoms with van der Waals surface area (Å²) in [4.78, 5) is 1.42. The van der Waals surface area contributed by atoms with E-state index in [1.807, 2.05) is 11.8 Å². The van der Waals surface area contributed by atoms with Crippen molar-refractivity contribution >= 4 is 11.8 Å². The minimum Gasteiger partial charge on any atom is -0.314 e. The lowest BCUT2D eigenvalue weighted by Crippen LogP contribution is -2.31. The van der Waals surface area contributed by atoms with Gasteiger partial charge in [0.15, 0.2) is 0 Å². The lowest BCUT2D eigenvalue weighted by atomic mass is 10.2. The predicted molar refractivity (Wildman–Crippen MR) is 51.1 cm³/mol. The zero-order valence-corrected chi connectivity index (χ0v) is 8.24. The van der Waals surface area contributed by atoms with Crippen molar-refractivity contribution < 1.29 is 0 Å². The maximum Gasteiger partial charge on any atom is 0.0475 e. The van der Waals surface area contributed by atoms with Gasteiger partial charge in [-0.2, -0.15) is 0 Å². The molecule has 0 radical (unpaired) electrons. The molecule has 11 heavy (non-hydrogen) atoms. The highest BCUT2D eigenvalue weighted by atomic mass is 32.2. The summed E-state index contributed by atoms with van der Waals surface area (Å²) in [5.41, 5.74) is 3.31. The molecule has 0 saturated carbocycles. The van der Waals surface area contributed by atoms with E-state index in [4.69, 9.17) is 0 Å². The fraction of sp³-hybridized carbons (Fsp3) is 0.750. The van der Waals surface area contributed by atoms with Gasteiger partial charge in [-0.1, -0.05) is 13.8 Å². The molecule has 1 N–H and O–H groups in total. The van der Waals surface area contributed by atoms with Crippen LogP contribution in [0, 0.1) is 5.92 Å². The third-order valence-corrected chi connectivity index (χ3v) is 2.35. The quantitative estimate of drug-likeness (QED) is 0.697. The van der Waals surface area contributed by atoms with Crippen molar-refractivity contribution in [3.8, 4) is 0 Å². The molecule has 0 aliphatic carbocycles. The van der Waals surface area contributed by atoms with Crippen LogP contribution in [0.4, 0.5) is 0 Å². The first-order chi connectivity index (χ1) is 5.22. The normalized spacial score (nSPS) is 17.8. The number of hydrazine groups is 1. The molecule has 0 aromatic carbocycles. The highest BCUT2D eigenvalue weighted by molar-refractivity contribution is 8.02. The number of hydrogen-bond donors (Lipinski definition) is 1. The fourth-order valence-electron chi connectivity index (χ4n) is 1.08. The maximum atomic E-state index is 3.31. The number of thioether (sulfide) groups is 1. The molecule has 0 spiro atoms. The largest absolute Gasteiger partial charge is 0.314 e. The van der Waals surface area contributed by atoms with Gasteiger partial charge in [-0.25, -0.2) is 5.43 Å². The van der Waals surface area contributed by atoms with E-state index in [1.54, 1.807) is 0 Å². The Kier molecular flexibility index (Phi) is 3.27. The SMILES string of the molecule is CSC1=CN(CC(C)C)NC1. The molecule has 64 valence electrons. The van der Waals surface area contributed by atoms with E-state index in [1.165, 1.54) is 4.91 Å². The Morgan fingerprint density at radius 2 is 2.45 bits per heavy atom. The summed E-state index contributed by atoms with van der Waals surface area (Å²) in [6.45, 7) is 6.57. The minimum atomic E-state index is 0.722. The van der Waals surface area contributed by atoms with E-state index in [0.717, 1.165) is 19.0 Å². The zero-order chi connectivity index (χ0) is 8.27. The van der Waals surface area contributed by atoms with Crippen LogP contribution >= 0.6 is 11.8 Å². The van der Waals surface area contributed by atoms with Crippen molar-refractivity contribution in [2.75, 3.05) is 19.3 Å². The van der Waals surface area contributed by atoms with Gasteiger partial charge in [-0.3, -0.25) is 0 Å². The van der Waals surface area contributed by atoms with Crippen LogP contribution < -0.4 is 5.43 Å². The monoisotopic (exact) mass is 172 g/mol. The molecule has 0 amide bonds. The zero-order valence-electron chi connectivity index (χ0n) is 7.42. The maximum absolute atomic E-state index is 3.31. The molecule has 0 aromatic rings. The molecule has 0 aromatic heterocycles. The van der Waals surface area contributed by atoms with Gasteiger partial charge in [0.1, 0.15) is 0 Å². The number of nitrogens with one attached hydrogen (secondary N) is 1. The molecule has 2 nitrogen and oxygen atoms in total. The summed E-state index contributed by atoms with van der Waals surface area (Å²) in [6, 6.07) is 0. The van der Waals surface area contributed by atoms with Gasteiger partial charge >= 0.3 is 0 Å². The van der Waals surface area contributed by atoms with Crippen LogP contribution in [-0.4, -0.2) is 24.4 Å². The first-order valence-corrected chi connectivity index (χ1v) is 5.19. The van der Waals surface area contributed by atoms with Crippen LogP contribution in [0.15, 0.2) is 11.1 Å². The van der Waals surface area contributed by atoms with Gasteiger partial charge in [0.2, 0.25) is 0 Å². The van der Waals surface area contributed by atoms with Crippen molar-refractivity contribution in [3.05, 3.63) is 11.1 Å². The van der Waals surface area contributed by atoms with E-state index in [-0.39, 0.29) is 0 Å². The van der Waals surface area contributed by atoms with E-state index in [2.05, 4.69) is 36.7 Å². The molecule has 1 aliphatic heterocycles. The topological polar surface area (TPSA) is 15.3 Å². The van der Waals surface area contributed by atoms with Crippen LogP contribution in [0.3, 0.4) is 0 Å². The lowest BCUT2D eigenvalue weighted by Gasteiger charge is -2.17. The highest BCUT2D eigenvalue weighted by Crippen LogP contribution is 2.16. The number of nitrogens with zero attached hydrogens (tertiary/aromatic N) is 1. The van der Waals surface area contributed by atoms with Crippen molar-refractivity contribution in [2.24, 2.45) is 5.92 Å². The molecule has 0 bridgehead atoms. The molecule has 0 fully saturated rings. The summed E-state index contributed by atoms with van der Waals surface area (Å²) in [5, 5.41) is 2.18. The summed E-state index contributed by atoms with van der Waals surface area (Å²) in [6.07, 6.45) is 4.32. The van der Waals surface area contributed by atoms with Gasteiger partial charge in [0.05, 0.1) is 0 Å². The van der Waals surface area contributed by atoms with Gasteiger partial charge in [0.25, 0.3) is 0 Å².